The van der Waals surface area contributed by atoms with E-state index in [1.54, 1.807) is 16.7 Å². The summed E-state index contributed by atoms with van der Waals surface area (Å²) < 4.78 is 50.3. The van der Waals surface area contributed by atoms with Gasteiger partial charge in [-0.15, -0.1) is 0 Å². The molecule has 2 aliphatic heterocycles. The van der Waals surface area contributed by atoms with Gasteiger partial charge in [-0.05, 0) is 163 Å². The molecule has 2 aromatic heterocycles. The lowest BCUT2D eigenvalue weighted by atomic mass is 9.33. The number of fused-ring (bicyclic) bond motifs is 7. The van der Waals surface area contributed by atoms with Crippen molar-refractivity contribution in [3.05, 3.63) is 351 Å². The predicted octanol–water partition coefficient (Wildman–Crippen LogP) is 22.0. The Balaban J connectivity index is 0.858. The van der Waals surface area contributed by atoms with Gasteiger partial charge in [0.15, 0.2) is 5.82 Å². The molecule has 462 valence electrons. The Morgan fingerprint density at radius 3 is 1.10 bits per heavy atom. The maximum Gasteiger partial charge on any atom is 0.418 e. The lowest BCUT2D eigenvalue weighted by Crippen LogP contribution is -2.61. The maximum absolute atomic E-state index is 16.2. The Hall–Kier alpha value is -12.6. The molecule has 0 bridgehead atoms. The molecular weight excluding hydrogens is 1210 g/mol. The molecule has 16 aromatic rings. The molecule has 18 rings (SSSR count). The molecule has 9 heteroatoms. The molecule has 98 heavy (non-hydrogen) atoms. The fourth-order valence-electron chi connectivity index (χ4n) is 14.8. The molecule has 0 atom stereocenters. The topological polar surface area (TPSA) is 37.2 Å². The van der Waals surface area contributed by atoms with E-state index in [4.69, 9.17) is 9.97 Å². The van der Waals surface area contributed by atoms with Crippen LogP contribution in [-0.2, 0) is 6.18 Å². The standard InChI is InChI=1S/C89H57BF3N5/c91-89(92,93)75-52-69(88-94-78(64-29-15-5-16-30-64)57-79(95-88)65-31-17-6-18-32-65)42-48-82(75)98-80-34-20-19-33-73(80)74-51-66(39-47-81(74)98)70-55-85-87-86(56-70)97(72-45-37-63(38-46-72)59-23-9-2-10-24-59)84-50-41-68(61-27-13-4-14-28-61)54-77(84)90(87)76-53-67(60-25-11-3-12-26-60)40-49-83(76)96(85)71-43-35-62(36-44-71)58-21-7-1-8-22-58/h1-57H. The van der Waals surface area contributed by atoms with Crippen LogP contribution in [0.25, 0.3) is 117 Å². The van der Waals surface area contributed by atoms with Crippen molar-refractivity contribution >= 4 is 79.0 Å². The number of halogens is 3. The van der Waals surface area contributed by atoms with Gasteiger partial charge >= 0.3 is 6.18 Å². The van der Waals surface area contributed by atoms with Crippen LogP contribution in [0.4, 0.5) is 47.3 Å². The first-order chi connectivity index (χ1) is 48.2. The second kappa shape index (κ2) is 23.7. The fraction of sp³-hybridized carbons (Fsp3) is 0.0112. The van der Waals surface area contributed by atoms with Gasteiger partial charge < -0.3 is 14.4 Å². The number of benzene rings is 14. The summed E-state index contributed by atoms with van der Waals surface area (Å²) in [5.41, 5.74) is 24.1. The average Bonchev–Trinajstić information content (AvgIpc) is 0.762. The SMILES string of the molecule is FC(F)(F)c1cc(-c2nc(-c3ccccc3)cc(-c3ccccc3)n2)ccc1-n1c2ccccc2c2cc(-c3cc4c5c(c3)N(c3ccc(-c6ccccc6)cc3)c3ccc(-c6ccccc6)cc3B5c3cc(-c5ccccc5)ccc3N4c3ccc(-c4ccccc4)cc3)ccc21. The minimum Gasteiger partial charge on any atom is -0.311 e. The molecule has 0 spiro atoms. The highest BCUT2D eigenvalue weighted by Crippen LogP contribution is 2.49. The predicted molar refractivity (Wildman–Crippen MR) is 399 cm³/mol. The molecule has 4 heterocycles. The molecule has 0 N–H and O–H groups in total. The van der Waals surface area contributed by atoms with Crippen molar-refractivity contribution in [2.24, 2.45) is 0 Å². The monoisotopic (exact) mass is 1260 g/mol. The van der Waals surface area contributed by atoms with E-state index in [9.17, 15) is 0 Å². The normalized spacial score (nSPS) is 12.4. The van der Waals surface area contributed by atoms with Crippen molar-refractivity contribution in [3.63, 3.8) is 0 Å². The summed E-state index contributed by atoms with van der Waals surface area (Å²) in [7, 11) is 0. The van der Waals surface area contributed by atoms with Gasteiger partial charge in [-0.2, -0.15) is 13.2 Å². The van der Waals surface area contributed by atoms with E-state index >= 15 is 13.2 Å². The van der Waals surface area contributed by atoms with E-state index in [0.717, 1.165) is 117 Å². The third kappa shape index (κ3) is 10.1. The number of aromatic nitrogens is 3. The largest absolute Gasteiger partial charge is 0.418 e. The van der Waals surface area contributed by atoms with E-state index in [0.29, 0.717) is 22.4 Å². The number of hydrogen-bond acceptors (Lipinski definition) is 4. The van der Waals surface area contributed by atoms with Crippen molar-refractivity contribution in [3.8, 4) is 95.2 Å². The molecule has 0 amide bonds. The third-order valence-corrected chi connectivity index (χ3v) is 19.4. The lowest BCUT2D eigenvalue weighted by Gasteiger charge is -2.44. The van der Waals surface area contributed by atoms with Crippen molar-refractivity contribution in [1.82, 2.24) is 14.5 Å². The molecule has 0 unspecified atom stereocenters. The number of rotatable bonds is 11. The number of hydrogen-bond donors (Lipinski definition) is 0. The smallest absolute Gasteiger partial charge is 0.311 e. The van der Waals surface area contributed by atoms with Crippen molar-refractivity contribution in [2.45, 2.75) is 6.18 Å². The lowest BCUT2D eigenvalue weighted by molar-refractivity contribution is -0.137. The van der Waals surface area contributed by atoms with E-state index < -0.39 is 11.7 Å². The molecule has 2 aliphatic rings. The average molecular weight is 1260 g/mol. The number of alkyl halides is 3. The Labute approximate surface area is 566 Å². The van der Waals surface area contributed by atoms with Crippen LogP contribution in [0.1, 0.15) is 5.56 Å². The van der Waals surface area contributed by atoms with Gasteiger partial charge in [0, 0.05) is 61.6 Å². The molecule has 0 fully saturated rings. The zero-order chi connectivity index (χ0) is 65.4. The maximum atomic E-state index is 16.2. The summed E-state index contributed by atoms with van der Waals surface area (Å²) >= 11 is 0. The number of anilines is 6. The van der Waals surface area contributed by atoms with E-state index in [1.807, 2.05) is 109 Å². The Kier molecular flexibility index (Phi) is 14.0. The van der Waals surface area contributed by atoms with Gasteiger partial charge in [-0.25, -0.2) is 9.97 Å². The van der Waals surface area contributed by atoms with E-state index in [2.05, 4.69) is 228 Å². The van der Waals surface area contributed by atoms with Crippen LogP contribution in [0, 0.1) is 0 Å². The Bertz CT molecular complexity index is 5460. The molecule has 0 saturated heterocycles. The molecular formula is C89H57BF3N5. The second-order valence-corrected chi connectivity index (χ2v) is 25.1. The van der Waals surface area contributed by atoms with E-state index in [-0.39, 0.29) is 23.8 Å². The van der Waals surface area contributed by atoms with Gasteiger partial charge in [0.2, 0.25) is 0 Å². The van der Waals surface area contributed by atoms with Crippen LogP contribution in [0.15, 0.2) is 346 Å². The van der Waals surface area contributed by atoms with Crippen LogP contribution in [-0.4, -0.2) is 21.2 Å². The summed E-state index contributed by atoms with van der Waals surface area (Å²) in [6.45, 7) is -0.231. The van der Waals surface area contributed by atoms with Crippen molar-refractivity contribution < 1.29 is 13.2 Å². The number of para-hydroxylation sites is 1. The molecule has 5 nitrogen and oxygen atoms in total. The summed E-state index contributed by atoms with van der Waals surface area (Å²) in [5, 5.41) is 1.63. The molecule has 0 aliphatic carbocycles. The summed E-state index contributed by atoms with van der Waals surface area (Å²) in [6, 6.07) is 118. The highest BCUT2D eigenvalue weighted by molar-refractivity contribution is 7.00. The van der Waals surface area contributed by atoms with Crippen LogP contribution < -0.4 is 26.2 Å². The molecule has 0 radical (unpaired) electrons. The summed E-state index contributed by atoms with van der Waals surface area (Å²) in [4.78, 5) is 14.8. The van der Waals surface area contributed by atoms with Crippen molar-refractivity contribution in [2.75, 3.05) is 9.80 Å². The minimum atomic E-state index is -4.77. The summed E-state index contributed by atoms with van der Waals surface area (Å²) in [6.07, 6.45) is -4.77. The molecule has 14 aromatic carbocycles. The zero-order valence-electron chi connectivity index (χ0n) is 52.9. The van der Waals surface area contributed by atoms with Crippen LogP contribution in [0.5, 0.6) is 0 Å². The highest BCUT2D eigenvalue weighted by Gasteiger charge is 2.44. The quantitative estimate of drug-likeness (QED) is 0.121. The van der Waals surface area contributed by atoms with Crippen molar-refractivity contribution in [1.29, 1.82) is 0 Å². The molecule has 0 saturated carbocycles. The third-order valence-electron chi connectivity index (χ3n) is 19.4. The fourth-order valence-corrected chi connectivity index (χ4v) is 14.8. The minimum absolute atomic E-state index is 0.00188. The first-order valence-electron chi connectivity index (χ1n) is 33.0. The van der Waals surface area contributed by atoms with Gasteiger partial charge in [-0.3, -0.25) is 0 Å². The Morgan fingerprint density at radius 2 is 0.633 bits per heavy atom. The van der Waals surface area contributed by atoms with Gasteiger partial charge in [-0.1, -0.05) is 255 Å². The second-order valence-electron chi connectivity index (χ2n) is 25.1. The van der Waals surface area contributed by atoms with Crippen LogP contribution in [0.3, 0.4) is 0 Å². The summed E-state index contributed by atoms with van der Waals surface area (Å²) in [5.74, 6) is 0.191. The zero-order valence-corrected chi connectivity index (χ0v) is 52.9. The van der Waals surface area contributed by atoms with E-state index in [1.165, 1.54) is 17.0 Å². The number of nitrogens with zero attached hydrogens (tertiary/aromatic N) is 5. The first-order valence-corrected chi connectivity index (χ1v) is 33.0. The van der Waals surface area contributed by atoms with Gasteiger partial charge in [0.1, 0.15) is 0 Å². The van der Waals surface area contributed by atoms with Crippen LogP contribution >= 0.6 is 0 Å². The Morgan fingerprint density at radius 1 is 0.265 bits per heavy atom. The van der Waals surface area contributed by atoms with Gasteiger partial charge in [0.05, 0.1) is 33.7 Å². The van der Waals surface area contributed by atoms with Gasteiger partial charge in [0.25, 0.3) is 6.71 Å². The van der Waals surface area contributed by atoms with Crippen LogP contribution in [0.2, 0.25) is 0 Å². The highest BCUT2D eigenvalue weighted by atomic mass is 19.4. The first kappa shape index (κ1) is 58.0.